The number of rotatable bonds is 9. The van der Waals surface area contributed by atoms with Crippen LogP contribution in [0.1, 0.15) is 18.9 Å². The van der Waals surface area contributed by atoms with E-state index in [4.69, 9.17) is 0 Å². The summed E-state index contributed by atoms with van der Waals surface area (Å²) in [6.45, 7) is 1.38. The van der Waals surface area contributed by atoms with Gasteiger partial charge in [0.05, 0.1) is 12.8 Å². The number of carbonyl (C=O) groups is 1. The molecule has 142 valence electrons. The van der Waals surface area contributed by atoms with Gasteiger partial charge in [-0.1, -0.05) is 48.2 Å². The van der Waals surface area contributed by atoms with E-state index in [1.165, 1.54) is 41.3 Å². The van der Waals surface area contributed by atoms with Crippen LogP contribution >= 0.6 is 23.1 Å². The molecule has 1 N–H and O–H groups in total. The van der Waals surface area contributed by atoms with Crippen molar-refractivity contribution in [2.45, 2.75) is 24.2 Å². The van der Waals surface area contributed by atoms with E-state index in [1.807, 2.05) is 6.92 Å². The van der Waals surface area contributed by atoms with Crippen molar-refractivity contribution in [3.05, 3.63) is 35.6 Å². The van der Waals surface area contributed by atoms with Crippen LogP contribution in [0.3, 0.4) is 0 Å². The highest BCUT2D eigenvalue weighted by atomic mass is 32.2. The Bertz CT molecular complexity index is 857. The van der Waals surface area contributed by atoms with E-state index in [2.05, 4.69) is 15.5 Å². The molecule has 11 heteroatoms. The first-order chi connectivity index (χ1) is 12.3. The molecule has 0 bridgehead atoms. The standard InChI is InChI=1S/C15H19FN4O3S3/c1-3-8-24-15-19-18-14(25-15)17-13(21)10-20(26(2,22)23)9-11-6-4-5-7-12(11)16/h4-7H,3,8-10H2,1-2H3,(H,17,18,21). The number of hydrogen-bond donors (Lipinski definition) is 1. The molecule has 0 saturated heterocycles. The second kappa shape index (κ2) is 9.40. The zero-order valence-corrected chi connectivity index (χ0v) is 16.8. The average molecular weight is 419 g/mol. The Morgan fingerprint density at radius 1 is 1.35 bits per heavy atom. The van der Waals surface area contributed by atoms with Crippen LogP contribution in [-0.2, 0) is 21.4 Å². The molecule has 2 rings (SSSR count). The summed E-state index contributed by atoms with van der Waals surface area (Å²) < 4.78 is 39.3. The number of aromatic nitrogens is 2. The lowest BCUT2D eigenvalue weighted by atomic mass is 10.2. The molecular weight excluding hydrogens is 399 g/mol. The van der Waals surface area contributed by atoms with Crippen LogP contribution in [-0.4, -0.2) is 47.4 Å². The number of amides is 1. The Morgan fingerprint density at radius 2 is 2.08 bits per heavy atom. The van der Waals surface area contributed by atoms with Gasteiger partial charge in [0.2, 0.25) is 21.1 Å². The fraction of sp³-hybridized carbons (Fsp3) is 0.400. The topological polar surface area (TPSA) is 92.3 Å². The largest absolute Gasteiger partial charge is 0.299 e. The van der Waals surface area contributed by atoms with Gasteiger partial charge in [-0.05, 0) is 12.5 Å². The van der Waals surface area contributed by atoms with Crippen molar-refractivity contribution in [3.8, 4) is 0 Å². The number of sulfonamides is 1. The van der Waals surface area contributed by atoms with Gasteiger partial charge in [-0.25, -0.2) is 12.8 Å². The molecule has 0 radical (unpaired) electrons. The summed E-state index contributed by atoms with van der Waals surface area (Å²) in [5, 5.41) is 10.6. The number of hydrogen-bond acceptors (Lipinski definition) is 7. The first kappa shape index (κ1) is 20.7. The predicted octanol–water partition coefficient (Wildman–Crippen LogP) is 2.58. The summed E-state index contributed by atoms with van der Waals surface area (Å²) >= 11 is 2.76. The molecular formula is C15H19FN4O3S3. The van der Waals surface area contributed by atoms with Gasteiger partial charge in [0.15, 0.2) is 4.34 Å². The molecule has 1 amide bonds. The molecule has 1 heterocycles. The van der Waals surface area contributed by atoms with E-state index in [0.717, 1.165) is 27.1 Å². The van der Waals surface area contributed by atoms with Crippen LogP contribution in [0, 0.1) is 5.82 Å². The second-order valence-corrected chi connectivity index (χ2v) is 9.69. The minimum absolute atomic E-state index is 0.194. The van der Waals surface area contributed by atoms with Crippen LogP contribution in [0.25, 0.3) is 0 Å². The maximum atomic E-state index is 13.8. The molecule has 1 aromatic carbocycles. The molecule has 0 spiro atoms. The predicted molar refractivity (Wildman–Crippen MR) is 101 cm³/mol. The highest BCUT2D eigenvalue weighted by Crippen LogP contribution is 2.25. The fourth-order valence-corrected chi connectivity index (χ4v) is 4.35. The monoisotopic (exact) mass is 418 g/mol. The Kier molecular flexibility index (Phi) is 7.50. The lowest BCUT2D eigenvalue weighted by Gasteiger charge is -2.19. The third-order valence-electron chi connectivity index (χ3n) is 3.18. The molecule has 0 aliphatic rings. The minimum Gasteiger partial charge on any atom is -0.299 e. The van der Waals surface area contributed by atoms with Gasteiger partial charge in [0.1, 0.15) is 5.82 Å². The summed E-state index contributed by atoms with van der Waals surface area (Å²) in [5.41, 5.74) is 0.194. The molecule has 0 fully saturated rings. The van der Waals surface area contributed by atoms with Crippen LogP contribution < -0.4 is 5.32 Å². The highest BCUT2D eigenvalue weighted by Gasteiger charge is 2.22. The summed E-state index contributed by atoms with van der Waals surface area (Å²) in [7, 11) is -3.70. The quantitative estimate of drug-likeness (QED) is 0.497. The van der Waals surface area contributed by atoms with Crippen molar-refractivity contribution < 1.29 is 17.6 Å². The van der Waals surface area contributed by atoms with Crippen LogP contribution in [0.15, 0.2) is 28.6 Å². The van der Waals surface area contributed by atoms with Crippen molar-refractivity contribution in [1.82, 2.24) is 14.5 Å². The first-order valence-electron chi connectivity index (χ1n) is 7.74. The maximum Gasteiger partial charge on any atom is 0.241 e. The lowest BCUT2D eigenvalue weighted by Crippen LogP contribution is -2.37. The number of thioether (sulfide) groups is 1. The normalized spacial score (nSPS) is 11.7. The van der Waals surface area contributed by atoms with Gasteiger partial charge < -0.3 is 0 Å². The summed E-state index contributed by atoms with van der Waals surface area (Å²) in [6, 6.07) is 5.84. The van der Waals surface area contributed by atoms with Crippen molar-refractivity contribution in [2.75, 3.05) is 23.9 Å². The number of nitrogens with zero attached hydrogens (tertiary/aromatic N) is 3. The number of carbonyl (C=O) groups excluding carboxylic acids is 1. The van der Waals surface area contributed by atoms with Gasteiger partial charge in [-0.15, -0.1) is 10.2 Å². The van der Waals surface area contributed by atoms with Crippen molar-refractivity contribution in [3.63, 3.8) is 0 Å². The third kappa shape index (κ3) is 6.31. The maximum absolute atomic E-state index is 13.8. The smallest absolute Gasteiger partial charge is 0.241 e. The minimum atomic E-state index is -3.70. The fourth-order valence-electron chi connectivity index (χ4n) is 1.93. The zero-order valence-electron chi connectivity index (χ0n) is 14.3. The van der Waals surface area contributed by atoms with Crippen molar-refractivity contribution in [2.24, 2.45) is 0 Å². The van der Waals surface area contributed by atoms with E-state index in [0.29, 0.717) is 5.13 Å². The van der Waals surface area contributed by atoms with Crippen LogP contribution in [0.5, 0.6) is 0 Å². The first-order valence-corrected chi connectivity index (χ1v) is 11.4. The number of benzene rings is 1. The second-order valence-electron chi connectivity index (χ2n) is 5.39. The van der Waals surface area contributed by atoms with Gasteiger partial charge in [0, 0.05) is 17.9 Å². The summed E-state index contributed by atoms with van der Waals surface area (Å²) in [5.74, 6) is -0.189. The van der Waals surface area contributed by atoms with Crippen LogP contribution in [0.4, 0.5) is 9.52 Å². The Hall–Kier alpha value is -1.56. The summed E-state index contributed by atoms with van der Waals surface area (Å²) in [6.07, 6.45) is 1.97. The van der Waals surface area contributed by atoms with Crippen LogP contribution in [0.2, 0.25) is 0 Å². The molecule has 0 aliphatic carbocycles. The Morgan fingerprint density at radius 3 is 2.73 bits per heavy atom. The lowest BCUT2D eigenvalue weighted by molar-refractivity contribution is -0.116. The van der Waals surface area contributed by atoms with E-state index < -0.39 is 28.3 Å². The van der Waals surface area contributed by atoms with Gasteiger partial charge in [-0.2, -0.15) is 4.31 Å². The molecule has 2 aromatic rings. The molecule has 0 aliphatic heterocycles. The molecule has 0 atom stereocenters. The van der Waals surface area contributed by atoms with Gasteiger partial charge in [0.25, 0.3) is 0 Å². The average Bonchev–Trinajstić information content (AvgIpc) is 3.00. The number of nitrogens with one attached hydrogen (secondary N) is 1. The van der Waals surface area contributed by atoms with E-state index in [-0.39, 0.29) is 12.1 Å². The third-order valence-corrected chi connectivity index (χ3v) is 6.55. The summed E-state index contributed by atoms with van der Waals surface area (Å²) in [4.78, 5) is 12.2. The number of halogens is 1. The Balaban J connectivity index is 2.03. The molecule has 1 aromatic heterocycles. The molecule has 0 saturated carbocycles. The number of anilines is 1. The molecule has 7 nitrogen and oxygen atoms in total. The zero-order chi connectivity index (χ0) is 19.2. The highest BCUT2D eigenvalue weighted by molar-refractivity contribution is 8.01. The van der Waals surface area contributed by atoms with E-state index in [9.17, 15) is 17.6 Å². The Labute approximate surface area is 160 Å². The van der Waals surface area contributed by atoms with Crippen molar-refractivity contribution in [1.29, 1.82) is 0 Å². The SMILES string of the molecule is CCCSc1nnc(NC(=O)CN(Cc2ccccc2F)S(C)(=O)=O)s1. The van der Waals surface area contributed by atoms with Gasteiger partial charge in [-0.3, -0.25) is 10.1 Å². The van der Waals surface area contributed by atoms with E-state index >= 15 is 0 Å². The van der Waals surface area contributed by atoms with Crippen molar-refractivity contribution >= 4 is 44.2 Å². The van der Waals surface area contributed by atoms with Gasteiger partial charge >= 0.3 is 0 Å². The molecule has 26 heavy (non-hydrogen) atoms. The molecule has 0 unspecified atom stereocenters. The van der Waals surface area contributed by atoms with E-state index in [1.54, 1.807) is 6.07 Å².